The van der Waals surface area contributed by atoms with Gasteiger partial charge in [0.1, 0.15) is 6.33 Å². The van der Waals surface area contributed by atoms with Crippen LogP contribution in [0.2, 0.25) is 0 Å². The third kappa shape index (κ3) is 3.71. The average Bonchev–Trinajstić information content (AvgIpc) is 2.97. The predicted molar refractivity (Wildman–Crippen MR) is 75.9 cm³/mol. The molecular formula is C14H17N5O2. The molecule has 1 amide bonds. The van der Waals surface area contributed by atoms with Crippen molar-refractivity contribution in [1.82, 2.24) is 25.5 Å². The molecule has 1 aromatic heterocycles. The van der Waals surface area contributed by atoms with Gasteiger partial charge in [-0.05, 0) is 28.6 Å². The fraction of sp³-hybridized carbons (Fsp3) is 0.357. The van der Waals surface area contributed by atoms with Gasteiger partial charge in [0.25, 0.3) is 5.91 Å². The topological polar surface area (TPSA) is 89.8 Å². The van der Waals surface area contributed by atoms with Gasteiger partial charge in [-0.3, -0.25) is 9.59 Å². The van der Waals surface area contributed by atoms with Crippen LogP contribution in [-0.4, -0.2) is 38.4 Å². The fourth-order valence-electron chi connectivity index (χ4n) is 1.60. The molecule has 0 aliphatic heterocycles. The standard InChI is InChI=1S/C14H17N5O2/c1-14(2,3)12(20)8-15-13(21)10-5-4-6-11(7-10)19-9-16-17-18-19/h4-7,9H,8H2,1-3H3,(H,15,21). The van der Waals surface area contributed by atoms with E-state index < -0.39 is 5.41 Å². The van der Waals surface area contributed by atoms with E-state index in [-0.39, 0.29) is 18.2 Å². The highest BCUT2D eigenvalue weighted by atomic mass is 16.2. The monoisotopic (exact) mass is 287 g/mol. The minimum atomic E-state index is -0.471. The molecular weight excluding hydrogens is 270 g/mol. The summed E-state index contributed by atoms with van der Waals surface area (Å²) >= 11 is 0. The molecule has 0 bridgehead atoms. The summed E-state index contributed by atoms with van der Waals surface area (Å²) in [5.74, 6) is -0.324. The molecule has 1 heterocycles. The molecule has 0 radical (unpaired) electrons. The van der Waals surface area contributed by atoms with Crippen molar-refractivity contribution < 1.29 is 9.59 Å². The van der Waals surface area contributed by atoms with E-state index in [1.54, 1.807) is 24.3 Å². The Morgan fingerprint density at radius 3 is 2.67 bits per heavy atom. The summed E-state index contributed by atoms with van der Waals surface area (Å²) < 4.78 is 1.46. The Hall–Kier alpha value is -2.57. The molecule has 0 saturated carbocycles. The highest BCUT2D eigenvalue weighted by Gasteiger charge is 2.21. The lowest BCUT2D eigenvalue weighted by Crippen LogP contribution is -2.35. The molecule has 0 atom stereocenters. The number of nitrogens with zero attached hydrogens (tertiary/aromatic N) is 4. The van der Waals surface area contributed by atoms with Crippen LogP contribution in [0.4, 0.5) is 0 Å². The molecule has 0 aliphatic rings. The summed E-state index contributed by atoms with van der Waals surface area (Å²) in [6.45, 7) is 5.47. The Kier molecular flexibility index (Phi) is 4.11. The number of hydrogen-bond donors (Lipinski definition) is 1. The van der Waals surface area contributed by atoms with Crippen LogP contribution in [0.15, 0.2) is 30.6 Å². The van der Waals surface area contributed by atoms with Crippen LogP contribution >= 0.6 is 0 Å². The zero-order valence-corrected chi connectivity index (χ0v) is 12.2. The van der Waals surface area contributed by atoms with Crippen molar-refractivity contribution >= 4 is 11.7 Å². The van der Waals surface area contributed by atoms with Crippen molar-refractivity contribution in [1.29, 1.82) is 0 Å². The lowest BCUT2D eigenvalue weighted by atomic mass is 9.91. The Bertz CT molecular complexity index is 644. The number of tetrazole rings is 1. The van der Waals surface area contributed by atoms with Crippen LogP contribution < -0.4 is 5.32 Å². The molecule has 1 aromatic carbocycles. The summed E-state index contributed by atoms with van der Waals surface area (Å²) in [5.41, 5.74) is 0.654. The number of Topliss-reactive ketones (excluding diaryl/α,β-unsaturated/α-hetero) is 1. The molecule has 0 unspecified atom stereocenters. The van der Waals surface area contributed by atoms with Gasteiger partial charge in [-0.15, -0.1) is 5.10 Å². The van der Waals surface area contributed by atoms with E-state index in [9.17, 15) is 9.59 Å². The second kappa shape index (κ2) is 5.82. The second-order valence-electron chi connectivity index (χ2n) is 5.66. The molecule has 0 aliphatic carbocycles. The van der Waals surface area contributed by atoms with Crippen LogP contribution in [0.1, 0.15) is 31.1 Å². The lowest BCUT2D eigenvalue weighted by molar-refractivity contribution is -0.125. The van der Waals surface area contributed by atoms with Crippen LogP contribution in [0.5, 0.6) is 0 Å². The number of ketones is 1. The lowest BCUT2D eigenvalue weighted by Gasteiger charge is -2.16. The highest BCUT2D eigenvalue weighted by molar-refractivity contribution is 5.97. The first-order chi connectivity index (χ1) is 9.88. The summed E-state index contributed by atoms with van der Waals surface area (Å²) in [5, 5.41) is 13.5. The summed E-state index contributed by atoms with van der Waals surface area (Å²) in [7, 11) is 0. The Labute approximate surface area is 122 Å². The molecule has 110 valence electrons. The molecule has 1 N–H and O–H groups in total. The number of nitrogens with one attached hydrogen (secondary N) is 1. The van der Waals surface area contributed by atoms with Crippen molar-refractivity contribution in [2.75, 3.05) is 6.54 Å². The Morgan fingerprint density at radius 2 is 2.05 bits per heavy atom. The number of rotatable bonds is 4. The van der Waals surface area contributed by atoms with Crippen molar-refractivity contribution in [2.24, 2.45) is 5.41 Å². The third-order valence-electron chi connectivity index (χ3n) is 2.97. The molecule has 7 nitrogen and oxygen atoms in total. The maximum atomic E-state index is 12.1. The van der Waals surface area contributed by atoms with Gasteiger partial charge in [-0.2, -0.15) is 0 Å². The van der Waals surface area contributed by atoms with Gasteiger partial charge in [0, 0.05) is 11.0 Å². The third-order valence-corrected chi connectivity index (χ3v) is 2.97. The molecule has 7 heteroatoms. The van der Waals surface area contributed by atoms with E-state index in [0.29, 0.717) is 11.3 Å². The molecule has 0 fully saturated rings. The van der Waals surface area contributed by atoms with Crippen LogP contribution in [-0.2, 0) is 4.79 Å². The van der Waals surface area contributed by atoms with Gasteiger partial charge < -0.3 is 5.32 Å². The smallest absolute Gasteiger partial charge is 0.251 e. The zero-order chi connectivity index (χ0) is 15.5. The minimum Gasteiger partial charge on any atom is -0.345 e. The number of aromatic nitrogens is 4. The summed E-state index contributed by atoms with van der Waals surface area (Å²) in [6.07, 6.45) is 1.44. The van der Waals surface area contributed by atoms with Crippen molar-refractivity contribution in [2.45, 2.75) is 20.8 Å². The van der Waals surface area contributed by atoms with E-state index >= 15 is 0 Å². The minimum absolute atomic E-state index is 0.0114. The average molecular weight is 287 g/mol. The first-order valence-electron chi connectivity index (χ1n) is 6.53. The van der Waals surface area contributed by atoms with Gasteiger partial charge >= 0.3 is 0 Å². The van der Waals surface area contributed by atoms with E-state index in [1.165, 1.54) is 11.0 Å². The van der Waals surface area contributed by atoms with Crippen LogP contribution in [0.3, 0.4) is 0 Å². The number of amides is 1. The largest absolute Gasteiger partial charge is 0.345 e. The van der Waals surface area contributed by atoms with Gasteiger partial charge in [-0.25, -0.2) is 4.68 Å². The van der Waals surface area contributed by atoms with E-state index in [4.69, 9.17) is 0 Å². The first-order valence-corrected chi connectivity index (χ1v) is 6.53. The van der Waals surface area contributed by atoms with Crippen LogP contribution in [0.25, 0.3) is 5.69 Å². The molecule has 21 heavy (non-hydrogen) atoms. The molecule has 0 spiro atoms. The van der Waals surface area contributed by atoms with E-state index in [1.807, 2.05) is 20.8 Å². The number of carbonyl (C=O) groups is 2. The van der Waals surface area contributed by atoms with Crippen LogP contribution in [0, 0.1) is 5.41 Å². The molecule has 2 aromatic rings. The van der Waals surface area contributed by atoms with E-state index in [2.05, 4.69) is 20.8 Å². The quantitative estimate of drug-likeness (QED) is 0.906. The number of benzene rings is 1. The SMILES string of the molecule is CC(C)(C)C(=O)CNC(=O)c1cccc(-n2cnnn2)c1. The molecule has 0 saturated heterocycles. The summed E-state index contributed by atoms with van der Waals surface area (Å²) in [4.78, 5) is 23.9. The van der Waals surface area contributed by atoms with E-state index in [0.717, 1.165) is 0 Å². The van der Waals surface area contributed by atoms with Gasteiger partial charge in [0.2, 0.25) is 0 Å². The predicted octanol–water partition coefficient (Wildman–Crippen LogP) is 1.01. The maximum Gasteiger partial charge on any atom is 0.251 e. The van der Waals surface area contributed by atoms with Crippen molar-refractivity contribution in [3.05, 3.63) is 36.2 Å². The Morgan fingerprint density at radius 1 is 1.29 bits per heavy atom. The van der Waals surface area contributed by atoms with Crippen molar-refractivity contribution in [3.63, 3.8) is 0 Å². The molecule has 2 rings (SSSR count). The number of carbonyl (C=O) groups excluding carboxylic acids is 2. The first kappa shape index (κ1) is 14.8. The van der Waals surface area contributed by atoms with Gasteiger partial charge in [-0.1, -0.05) is 26.8 Å². The van der Waals surface area contributed by atoms with Crippen molar-refractivity contribution in [3.8, 4) is 5.69 Å². The normalized spacial score (nSPS) is 11.2. The van der Waals surface area contributed by atoms with Gasteiger partial charge in [0.15, 0.2) is 5.78 Å². The number of hydrogen-bond acceptors (Lipinski definition) is 5. The highest BCUT2D eigenvalue weighted by Crippen LogP contribution is 2.14. The van der Waals surface area contributed by atoms with Gasteiger partial charge in [0.05, 0.1) is 12.2 Å². The maximum absolute atomic E-state index is 12.1. The Balaban J connectivity index is 2.07. The second-order valence-corrected chi connectivity index (χ2v) is 5.66. The fourth-order valence-corrected chi connectivity index (χ4v) is 1.60. The zero-order valence-electron chi connectivity index (χ0n) is 12.2. The summed E-state index contributed by atoms with van der Waals surface area (Å²) in [6, 6.07) is 6.85.